The molecule has 0 N–H and O–H groups in total. The first kappa shape index (κ1) is 30.1. The molecule has 0 bridgehead atoms. The van der Waals surface area contributed by atoms with Crippen molar-refractivity contribution in [2.75, 3.05) is 0 Å². The summed E-state index contributed by atoms with van der Waals surface area (Å²) in [4.78, 5) is 11.7. The molecule has 0 amide bonds. The van der Waals surface area contributed by atoms with Crippen molar-refractivity contribution in [3.8, 4) is 23.0 Å². The van der Waals surface area contributed by atoms with Gasteiger partial charge in [-0.3, -0.25) is 4.79 Å². The topological polar surface area (TPSA) is 54.0 Å². The average Bonchev–Trinajstić information content (AvgIpc) is 2.76. The van der Waals surface area contributed by atoms with Gasteiger partial charge in [0.2, 0.25) is 5.75 Å². The summed E-state index contributed by atoms with van der Waals surface area (Å²) in [5.41, 5.74) is 0. The van der Waals surface area contributed by atoms with Gasteiger partial charge in [0.1, 0.15) is 5.75 Å². The Hall–Kier alpha value is -1.91. The first-order valence-corrected chi connectivity index (χ1v) is 13.7. The highest BCUT2D eigenvalue weighted by Crippen LogP contribution is 2.44. The SMILES string of the molecule is CCCCCC(C)Oc1cc(OC(C)=O)cc(OC(C)CCCCC)c1OC(C)CCCCC. The van der Waals surface area contributed by atoms with Crippen LogP contribution in [0.3, 0.4) is 0 Å². The van der Waals surface area contributed by atoms with Crippen molar-refractivity contribution in [3.63, 3.8) is 0 Å². The Morgan fingerprint density at radius 3 is 1.41 bits per heavy atom. The number of carbonyl (C=O) groups excluding carboxylic acids is 1. The zero-order chi connectivity index (χ0) is 25.3. The lowest BCUT2D eigenvalue weighted by atomic mass is 10.1. The van der Waals surface area contributed by atoms with Gasteiger partial charge in [-0.1, -0.05) is 59.3 Å². The Morgan fingerprint density at radius 2 is 1.06 bits per heavy atom. The molecule has 1 rings (SSSR count). The maximum atomic E-state index is 11.7. The minimum atomic E-state index is -0.370. The van der Waals surface area contributed by atoms with Gasteiger partial charge in [0.25, 0.3) is 0 Å². The van der Waals surface area contributed by atoms with Crippen LogP contribution in [0.1, 0.15) is 126 Å². The number of unbranched alkanes of at least 4 members (excludes halogenated alkanes) is 6. The molecular formula is C29H50O5. The second-order valence-corrected chi connectivity index (χ2v) is 9.62. The predicted octanol–water partition coefficient (Wildman–Crippen LogP) is 8.65. The first-order valence-electron chi connectivity index (χ1n) is 13.7. The van der Waals surface area contributed by atoms with E-state index in [1.165, 1.54) is 45.4 Å². The Bertz CT molecular complexity index is 648. The predicted molar refractivity (Wildman–Crippen MR) is 140 cm³/mol. The zero-order valence-corrected chi connectivity index (χ0v) is 22.9. The molecule has 3 unspecified atom stereocenters. The molecule has 34 heavy (non-hydrogen) atoms. The fourth-order valence-corrected chi connectivity index (χ4v) is 3.93. The van der Waals surface area contributed by atoms with E-state index in [1.54, 1.807) is 12.1 Å². The molecule has 0 heterocycles. The smallest absolute Gasteiger partial charge is 0.308 e. The third-order valence-electron chi connectivity index (χ3n) is 5.87. The van der Waals surface area contributed by atoms with Gasteiger partial charge >= 0.3 is 5.97 Å². The molecule has 0 aliphatic rings. The Labute approximate surface area is 208 Å². The van der Waals surface area contributed by atoms with E-state index in [-0.39, 0.29) is 24.3 Å². The van der Waals surface area contributed by atoms with Crippen LogP contribution in [-0.4, -0.2) is 24.3 Å². The molecule has 1 aromatic carbocycles. The summed E-state index contributed by atoms with van der Waals surface area (Å²) in [5.74, 6) is 1.83. The lowest BCUT2D eigenvalue weighted by Crippen LogP contribution is -2.18. The standard InChI is InChI=1S/C29H50O5/c1-8-11-14-17-22(4)31-27-20-26(34-25(7)30)21-28(32-23(5)18-15-12-9-2)29(27)33-24(6)19-16-13-10-3/h20-24H,8-19H2,1-7H3. The average molecular weight is 479 g/mol. The number of rotatable bonds is 19. The van der Waals surface area contributed by atoms with Crippen LogP contribution in [0.25, 0.3) is 0 Å². The molecular weight excluding hydrogens is 428 g/mol. The Kier molecular flexibility index (Phi) is 15.5. The highest BCUT2D eigenvalue weighted by atomic mass is 16.6. The summed E-state index contributed by atoms with van der Waals surface area (Å²) in [7, 11) is 0. The normalized spacial score (nSPS) is 13.7. The molecule has 196 valence electrons. The second kappa shape index (κ2) is 17.5. The van der Waals surface area contributed by atoms with E-state index in [0.717, 1.165) is 38.5 Å². The van der Waals surface area contributed by atoms with Crippen LogP contribution in [0, 0.1) is 0 Å². The molecule has 3 atom stereocenters. The molecule has 0 saturated heterocycles. The fraction of sp³-hybridized carbons (Fsp3) is 0.759. The zero-order valence-electron chi connectivity index (χ0n) is 22.9. The highest BCUT2D eigenvalue weighted by Gasteiger charge is 2.22. The van der Waals surface area contributed by atoms with E-state index in [1.807, 2.05) is 0 Å². The van der Waals surface area contributed by atoms with E-state index in [2.05, 4.69) is 41.5 Å². The lowest BCUT2D eigenvalue weighted by molar-refractivity contribution is -0.131. The second-order valence-electron chi connectivity index (χ2n) is 9.62. The van der Waals surface area contributed by atoms with Gasteiger partial charge in [-0.05, 0) is 59.3 Å². The van der Waals surface area contributed by atoms with Gasteiger partial charge in [-0.15, -0.1) is 0 Å². The number of carbonyl (C=O) groups is 1. The largest absolute Gasteiger partial charge is 0.487 e. The van der Waals surface area contributed by atoms with Gasteiger partial charge in [0.05, 0.1) is 18.3 Å². The summed E-state index contributed by atoms with van der Waals surface area (Å²) in [6.45, 7) is 14.3. The van der Waals surface area contributed by atoms with Crippen LogP contribution >= 0.6 is 0 Å². The molecule has 0 aliphatic heterocycles. The Morgan fingerprint density at radius 1 is 0.676 bits per heavy atom. The molecule has 5 nitrogen and oxygen atoms in total. The molecule has 0 spiro atoms. The fourth-order valence-electron chi connectivity index (χ4n) is 3.93. The molecule has 0 radical (unpaired) electrons. The summed E-state index contributed by atoms with van der Waals surface area (Å²) in [6.07, 6.45) is 13.4. The van der Waals surface area contributed by atoms with Gasteiger partial charge in [0.15, 0.2) is 11.5 Å². The van der Waals surface area contributed by atoms with Crippen LogP contribution < -0.4 is 18.9 Å². The van der Waals surface area contributed by atoms with Gasteiger partial charge in [0, 0.05) is 19.1 Å². The summed E-state index contributed by atoms with van der Waals surface area (Å²) in [5, 5.41) is 0. The van der Waals surface area contributed by atoms with Gasteiger partial charge < -0.3 is 18.9 Å². The summed E-state index contributed by atoms with van der Waals surface area (Å²) >= 11 is 0. The van der Waals surface area contributed by atoms with Crippen molar-refractivity contribution >= 4 is 5.97 Å². The Balaban J connectivity index is 3.23. The minimum absolute atomic E-state index is 0.0201. The third-order valence-corrected chi connectivity index (χ3v) is 5.87. The van der Waals surface area contributed by atoms with E-state index in [0.29, 0.717) is 23.0 Å². The van der Waals surface area contributed by atoms with Gasteiger partial charge in [-0.2, -0.15) is 0 Å². The number of benzene rings is 1. The van der Waals surface area contributed by atoms with E-state index in [9.17, 15) is 4.79 Å². The molecule has 0 aromatic heterocycles. The molecule has 0 fully saturated rings. The van der Waals surface area contributed by atoms with Crippen molar-refractivity contribution < 1.29 is 23.7 Å². The number of esters is 1. The monoisotopic (exact) mass is 478 g/mol. The maximum Gasteiger partial charge on any atom is 0.308 e. The first-order chi connectivity index (χ1) is 16.3. The third kappa shape index (κ3) is 12.5. The molecule has 5 heteroatoms. The van der Waals surface area contributed by atoms with Crippen molar-refractivity contribution in [2.45, 2.75) is 144 Å². The number of hydrogen-bond donors (Lipinski definition) is 0. The summed E-state index contributed by atoms with van der Waals surface area (Å²) in [6, 6.07) is 3.53. The van der Waals surface area contributed by atoms with Crippen LogP contribution in [0.15, 0.2) is 12.1 Å². The van der Waals surface area contributed by atoms with E-state index >= 15 is 0 Å². The maximum absolute atomic E-state index is 11.7. The van der Waals surface area contributed by atoms with Crippen LogP contribution in [-0.2, 0) is 4.79 Å². The van der Waals surface area contributed by atoms with E-state index < -0.39 is 0 Å². The van der Waals surface area contributed by atoms with Crippen molar-refractivity contribution in [1.29, 1.82) is 0 Å². The minimum Gasteiger partial charge on any atom is -0.487 e. The van der Waals surface area contributed by atoms with Crippen LogP contribution in [0.5, 0.6) is 23.0 Å². The van der Waals surface area contributed by atoms with Crippen LogP contribution in [0.4, 0.5) is 0 Å². The van der Waals surface area contributed by atoms with E-state index in [4.69, 9.17) is 18.9 Å². The van der Waals surface area contributed by atoms with Crippen molar-refractivity contribution in [1.82, 2.24) is 0 Å². The van der Waals surface area contributed by atoms with Gasteiger partial charge in [-0.25, -0.2) is 0 Å². The quantitative estimate of drug-likeness (QED) is 0.113. The van der Waals surface area contributed by atoms with Crippen molar-refractivity contribution in [2.24, 2.45) is 0 Å². The highest BCUT2D eigenvalue weighted by molar-refractivity contribution is 5.70. The van der Waals surface area contributed by atoms with Crippen LogP contribution in [0.2, 0.25) is 0 Å². The summed E-state index contributed by atoms with van der Waals surface area (Å²) < 4.78 is 24.6. The lowest BCUT2D eigenvalue weighted by Gasteiger charge is -2.25. The molecule has 0 saturated carbocycles. The molecule has 0 aliphatic carbocycles. The number of ether oxygens (including phenoxy) is 4. The number of hydrogen-bond acceptors (Lipinski definition) is 5. The molecule has 1 aromatic rings. The van der Waals surface area contributed by atoms with Crippen molar-refractivity contribution in [3.05, 3.63) is 12.1 Å².